The quantitative estimate of drug-likeness (QED) is 0.594. The Morgan fingerprint density at radius 3 is 2.70 bits per heavy atom. The molecule has 0 bridgehead atoms. The molecule has 0 aliphatic carbocycles. The van der Waals surface area contributed by atoms with Gasteiger partial charge in [-0.2, -0.15) is 0 Å². The molecule has 1 atom stereocenters. The van der Waals surface area contributed by atoms with Crippen molar-refractivity contribution in [2.45, 2.75) is 24.3 Å². The summed E-state index contributed by atoms with van der Waals surface area (Å²) < 4.78 is 10.9. The van der Waals surface area contributed by atoms with Gasteiger partial charge in [0.1, 0.15) is 5.75 Å². The summed E-state index contributed by atoms with van der Waals surface area (Å²) in [6.45, 7) is 3.63. The summed E-state index contributed by atoms with van der Waals surface area (Å²) in [4.78, 5) is 12.5. The second-order valence-electron chi connectivity index (χ2n) is 5.79. The first-order valence-electron chi connectivity index (χ1n) is 8.18. The number of thioether (sulfide) groups is 1. The Morgan fingerprint density at radius 1 is 1.26 bits per heavy atom. The monoisotopic (exact) mass is 403 g/mol. The highest BCUT2D eigenvalue weighted by atomic mass is 35.5. The van der Waals surface area contributed by atoms with Crippen LogP contribution < -0.4 is 10.1 Å². The van der Waals surface area contributed by atoms with Crippen molar-refractivity contribution in [3.05, 3.63) is 53.1 Å². The number of halogens is 1. The standard InChI is InChI=1S/C19H18ClN3O3S/c1-11-9-15(16(25-3)10-14(11)20)21-17(24)12(2)27-19-23-22-18(26-19)13-7-5-4-6-8-13/h4-10,12H,1-3H3,(H,21,24)/t12-/m0/s1. The Bertz CT molecular complexity index is 947. The lowest BCUT2D eigenvalue weighted by Gasteiger charge is -2.14. The second kappa shape index (κ2) is 8.45. The zero-order valence-electron chi connectivity index (χ0n) is 15.0. The zero-order valence-corrected chi connectivity index (χ0v) is 16.6. The number of hydrogen-bond acceptors (Lipinski definition) is 6. The number of anilines is 1. The molecular weight excluding hydrogens is 386 g/mol. The number of rotatable bonds is 6. The Kier molecular flexibility index (Phi) is 6.03. The maximum absolute atomic E-state index is 12.5. The SMILES string of the molecule is COc1cc(Cl)c(C)cc1NC(=O)[C@H](C)Sc1nnc(-c2ccccc2)o1. The molecule has 1 heterocycles. The fraction of sp³-hybridized carbons (Fsp3) is 0.211. The lowest BCUT2D eigenvalue weighted by atomic mass is 10.2. The van der Waals surface area contributed by atoms with E-state index in [1.807, 2.05) is 37.3 Å². The fourth-order valence-corrected chi connectivity index (χ4v) is 3.16. The second-order valence-corrected chi connectivity index (χ2v) is 7.49. The van der Waals surface area contributed by atoms with E-state index in [-0.39, 0.29) is 5.91 Å². The number of ether oxygens (including phenoxy) is 1. The van der Waals surface area contributed by atoms with Gasteiger partial charge in [0.15, 0.2) is 0 Å². The summed E-state index contributed by atoms with van der Waals surface area (Å²) in [7, 11) is 1.53. The van der Waals surface area contributed by atoms with E-state index in [2.05, 4.69) is 15.5 Å². The van der Waals surface area contributed by atoms with Crippen LogP contribution >= 0.6 is 23.4 Å². The van der Waals surface area contributed by atoms with Crippen molar-refractivity contribution >= 4 is 35.0 Å². The third-order valence-corrected chi connectivity index (χ3v) is 5.15. The van der Waals surface area contributed by atoms with Crippen LogP contribution in [0.4, 0.5) is 5.69 Å². The van der Waals surface area contributed by atoms with Crippen molar-refractivity contribution in [1.29, 1.82) is 0 Å². The molecule has 1 N–H and O–H groups in total. The van der Waals surface area contributed by atoms with Gasteiger partial charge in [-0.05, 0) is 37.6 Å². The molecule has 3 aromatic rings. The van der Waals surface area contributed by atoms with Crippen LogP contribution in [0, 0.1) is 6.92 Å². The van der Waals surface area contributed by atoms with E-state index in [0.29, 0.717) is 27.6 Å². The maximum Gasteiger partial charge on any atom is 0.277 e. The molecule has 8 heteroatoms. The number of carbonyl (C=O) groups is 1. The summed E-state index contributed by atoms with van der Waals surface area (Å²) in [5.74, 6) is 0.709. The molecule has 3 rings (SSSR count). The first-order valence-corrected chi connectivity index (χ1v) is 9.44. The number of aromatic nitrogens is 2. The van der Waals surface area contributed by atoms with E-state index in [1.165, 1.54) is 18.9 Å². The third-order valence-electron chi connectivity index (χ3n) is 3.81. The lowest BCUT2D eigenvalue weighted by Crippen LogP contribution is -2.22. The van der Waals surface area contributed by atoms with Crippen molar-refractivity contribution in [2.24, 2.45) is 0 Å². The van der Waals surface area contributed by atoms with Gasteiger partial charge >= 0.3 is 0 Å². The summed E-state index contributed by atoms with van der Waals surface area (Å²) in [6.07, 6.45) is 0. The highest BCUT2D eigenvalue weighted by molar-refractivity contribution is 8.00. The van der Waals surface area contributed by atoms with Crippen LogP contribution in [-0.4, -0.2) is 28.5 Å². The molecule has 1 amide bonds. The highest BCUT2D eigenvalue weighted by Crippen LogP contribution is 2.32. The predicted octanol–water partition coefficient (Wildman–Crippen LogP) is 4.83. The molecule has 0 aliphatic rings. The molecule has 0 fully saturated rings. The summed E-state index contributed by atoms with van der Waals surface area (Å²) in [6, 6.07) is 12.9. The number of carbonyl (C=O) groups excluding carboxylic acids is 1. The van der Waals surface area contributed by atoms with Crippen molar-refractivity contribution in [1.82, 2.24) is 10.2 Å². The lowest BCUT2D eigenvalue weighted by molar-refractivity contribution is -0.115. The summed E-state index contributed by atoms with van der Waals surface area (Å²) in [5, 5.41) is 11.3. The van der Waals surface area contributed by atoms with Crippen LogP contribution in [0.3, 0.4) is 0 Å². The summed E-state index contributed by atoms with van der Waals surface area (Å²) in [5.41, 5.74) is 2.24. The smallest absolute Gasteiger partial charge is 0.277 e. The van der Waals surface area contributed by atoms with E-state index in [4.69, 9.17) is 20.8 Å². The van der Waals surface area contributed by atoms with Crippen LogP contribution in [0.5, 0.6) is 5.75 Å². The van der Waals surface area contributed by atoms with Crippen molar-refractivity contribution in [2.75, 3.05) is 12.4 Å². The van der Waals surface area contributed by atoms with Gasteiger partial charge in [-0.25, -0.2) is 0 Å². The molecule has 0 aliphatic heterocycles. The molecule has 6 nitrogen and oxygen atoms in total. The van der Waals surface area contributed by atoms with E-state index < -0.39 is 5.25 Å². The minimum atomic E-state index is -0.449. The number of nitrogens with one attached hydrogen (secondary N) is 1. The van der Waals surface area contributed by atoms with Gasteiger partial charge in [0.25, 0.3) is 5.22 Å². The van der Waals surface area contributed by atoms with Gasteiger partial charge in [0.05, 0.1) is 18.0 Å². The first kappa shape index (κ1) is 19.3. The average molecular weight is 404 g/mol. The average Bonchev–Trinajstić information content (AvgIpc) is 3.13. The van der Waals surface area contributed by atoms with Crippen LogP contribution in [-0.2, 0) is 4.79 Å². The van der Waals surface area contributed by atoms with E-state index in [1.54, 1.807) is 19.1 Å². The topological polar surface area (TPSA) is 77.2 Å². The minimum absolute atomic E-state index is 0.209. The van der Waals surface area contributed by atoms with Gasteiger partial charge in [-0.1, -0.05) is 41.6 Å². The molecule has 140 valence electrons. The van der Waals surface area contributed by atoms with Gasteiger partial charge in [0.2, 0.25) is 11.8 Å². The molecule has 0 saturated heterocycles. The number of benzene rings is 2. The fourth-order valence-electron chi connectivity index (χ4n) is 2.32. The molecule has 0 radical (unpaired) electrons. The normalized spacial score (nSPS) is 11.9. The Balaban J connectivity index is 1.68. The van der Waals surface area contributed by atoms with Gasteiger partial charge in [0, 0.05) is 16.7 Å². The molecule has 27 heavy (non-hydrogen) atoms. The molecule has 0 saturated carbocycles. The predicted molar refractivity (Wildman–Crippen MR) is 106 cm³/mol. The van der Waals surface area contributed by atoms with Gasteiger partial charge in [-0.3, -0.25) is 4.79 Å². The highest BCUT2D eigenvalue weighted by Gasteiger charge is 2.20. The Morgan fingerprint density at radius 2 is 2.00 bits per heavy atom. The molecule has 0 spiro atoms. The summed E-state index contributed by atoms with van der Waals surface area (Å²) >= 11 is 7.29. The first-order chi connectivity index (χ1) is 13.0. The molecule has 2 aromatic carbocycles. The van der Waals surface area contributed by atoms with E-state index >= 15 is 0 Å². The third kappa shape index (κ3) is 4.61. The van der Waals surface area contributed by atoms with Crippen molar-refractivity contribution in [3.8, 4) is 17.2 Å². The van der Waals surface area contributed by atoms with E-state index in [0.717, 1.165) is 11.1 Å². The zero-order chi connectivity index (χ0) is 19.4. The van der Waals surface area contributed by atoms with Crippen LogP contribution in [0.1, 0.15) is 12.5 Å². The molecule has 0 unspecified atom stereocenters. The largest absolute Gasteiger partial charge is 0.495 e. The Hall–Kier alpha value is -2.51. The van der Waals surface area contributed by atoms with Crippen molar-refractivity contribution in [3.63, 3.8) is 0 Å². The number of amides is 1. The van der Waals surface area contributed by atoms with E-state index in [9.17, 15) is 4.79 Å². The van der Waals surface area contributed by atoms with Crippen LogP contribution in [0.25, 0.3) is 11.5 Å². The number of nitrogens with zero attached hydrogens (tertiary/aromatic N) is 2. The number of aryl methyl sites for hydroxylation is 1. The number of methoxy groups -OCH3 is 1. The van der Waals surface area contributed by atoms with Crippen molar-refractivity contribution < 1.29 is 13.9 Å². The number of hydrogen-bond donors (Lipinski definition) is 1. The van der Waals surface area contributed by atoms with Gasteiger partial charge in [-0.15, -0.1) is 10.2 Å². The van der Waals surface area contributed by atoms with Crippen LogP contribution in [0.15, 0.2) is 52.1 Å². The minimum Gasteiger partial charge on any atom is -0.495 e. The molecule has 1 aromatic heterocycles. The van der Waals surface area contributed by atoms with Gasteiger partial charge < -0.3 is 14.5 Å². The Labute approximate surface area is 166 Å². The van der Waals surface area contributed by atoms with Crippen LogP contribution in [0.2, 0.25) is 5.02 Å². The maximum atomic E-state index is 12.5. The molecular formula is C19H18ClN3O3S.